The van der Waals surface area contributed by atoms with Crippen LogP contribution in [-0.4, -0.2) is 118 Å². The highest BCUT2D eigenvalue weighted by molar-refractivity contribution is 7.19. The Morgan fingerprint density at radius 3 is 1.04 bits per heavy atom. The van der Waals surface area contributed by atoms with E-state index in [-0.39, 0.29) is 0 Å². The standard InChI is InChI=1S/C31H37N3OS.C27H30N4O.C27H29N3O2/c1-7-33(8-2)26-15-11-23(12-16-26)28-30(24-13-17-27(18-14-24)34(9-3)10-4)36-31(32-28)25-19-21(5)29(35)22(6)20-25;1-17-15-21(16-18(2)26(17)32)27-28-24(19-7-11-22(12-8-19)30(3)4)25(29-27)20-9-13-23(14-10-20)31(5)6;1-17-15-21(16-18(2)25(17)31)27-28-24(19-7-11-22(12-8-19)29(3)4)26(32-27)20-9-13-23(14-10-20)30(5)6/h11-20,35H,7-10H2,1-6H3;7-16,32H,1-6H3,(H,28,29);7-16,31H,1-6H3. The normalized spacial score (nSPS) is 11.0. The molecular weight excluding hydrogens is 1260 g/mol. The molecular formula is C85H96N10O4S. The zero-order valence-electron chi connectivity index (χ0n) is 61.3. The summed E-state index contributed by atoms with van der Waals surface area (Å²) >= 11 is 1.71. The molecule has 0 aliphatic rings. The molecule has 0 radical (unpaired) electrons. The average molecular weight is 1350 g/mol. The first-order valence-electron chi connectivity index (χ1n) is 34.2. The van der Waals surface area contributed by atoms with Crippen molar-refractivity contribution >= 4 is 45.5 Å². The Morgan fingerprint density at radius 2 is 0.660 bits per heavy atom. The molecule has 3 heterocycles. The van der Waals surface area contributed by atoms with E-state index in [1.54, 1.807) is 11.3 Å². The molecule has 0 aliphatic heterocycles. The molecule has 12 aromatic rings. The van der Waals surface area contributed by atoms with Gasteiger partial charge in [0.25, 0.3) is 0 Å². The van der Waals surface area contributed by atoms with Crippen LogP contribution < -0.4 is 29.4 Å². The average Bonchev–Trinajstić information content (AvgIpc) is 1.65. The van der Waals surface area contributed by atoms with Gasteiger partial charge < -0.3 is 54.1 Å². The lowest BCUT2D eigenvalue weighted by Gasteiger charge is -2.21. The third-order valence-electron chi connectivity index (χ3n) is 18.4. The zero-order chi connectivity index (χ0) is 71.8. The van der Waals surface area contributed by atoms with Crippen LogP contribution >= 0.6 is 11.3 Å². The highest BCUT2D eigenvalue weighted by Crippen LogP contribution is 2.44. The lowest BCUT2D eigenvalue weighted by atomic mass is 10.0. The van der Waals surface area contributed by atoms with Gasteiger partial charge in [-0.3, -0.25) is 0 Å². The molecule has 9 aromatic carbocycles. The Labute approximate surface area is 595 Å². The molecule has 0 spiro atoms. The quantitative estimate of drug-likeness (QED) is 0.0609. The van der Waals surface area contributed by atoms with Gasteiger partial charge in [0.1, 0.15) is 33.8 Å². The summed E-state index contributed by atoms with van der Waals surface area (Å²) in [5, 5.41) is 31.6. The van der Waals surface area contributed by atoms with Crippen LogP contribution in [0.4, 0.5) is 34.1 Å². The lowest BCUT2D eigenvalue weighted by molar-refractivity contribution is 0.466. The molecule has 0 aliphatic carbocycles. The van der Waals surface area contributed by atoms with Crippen LogP contribution in [0.2, 0.25) is 0 Å². The number of oxazole rings is 1. The van der Waals surface area contributed by atoms with Gasteiger partial charge in [-0.2, -0.15) is 0 Å². The summed E-state index contributed by atoms with van der Waals surface area (Å²) in [6.45, 7) is 24.2. The summed E-state index contributed by atoms with van der Waals surface area (Å²) in [6, 6.07) is 62.9. The van der Waals surface area contributed by atoms with Gasteiger partial charge in [0.15, 0.2) is 5.76 Å². The monoisotopic (exact) mass is 1350 g/mol. The second-order valence-corrected chi connectivity index (χ2v) is 27.3. The second-order valence-electron chi connectivity index (χ2n) is 26.3. The molecule has 0 bridgehead atoms. The number of benzene rings is 9. The van der Waals surface area contributed by atoms with Crippen LogP contribution in [0, 0.1) is 41.5 Å². The SMILES string of the molecule is CCN(CC)c1ccc(-c2nc(-c3cc(C)c(O)c(C)c3)sc2-c2ccc(N(CC)CC)cc2)cc1.Cc1cc(-c2nc(-c3ccc(N(C)C)cc3)c(-c3ccc(N(C)C)cc3)[nH]2)cc(C)c1O.Cc1cc(-c2nc(-c3ccc(N(C)C)cc3)c(-c3ccc(N(C)C)cc3)o2)cc(C)c1O. The Kier molecular flexibility index (Phi) is 22.6. The van der Waals surface area contributed by atoms with Gasteiger partial charge in [-0.05, 0) is 230 Å². The van der Waals surface area contributed by atoms with E-state index in [9.17, 15) is 15.3 Å². The van der Waals surface area contributed by atoms with Gasteiger partial charge in [-0.1, -0.05) is 60.7 Å². The molecule has 0 amide bonds. The molecule has 516 valence electrons. The molecule has 0 saturated carbocycles. The third-order valence-corrected chi connectivity index (χ3v) is 19.5. The van der Waals surface area contributed by atoms with Crippen LogP contribution in [0.25, 0.3) is 100 Å². The zero-order valence-corrected chi connectivity index (χ0v) is 62.1. The predicted molar refractivity (Wildman–Crippen MR) is 424 cm³/mol. The van der Waals surface area contributed by atoms with Crippen molar-refractivity contribution < 1.29 is 19.7 Å². The minimum Gasteiger partial charge on any atom is -0.507 e. The van der Waals surface area contributed by atoms with Gasteiger partial charge in [0.2, 0.25) is 5.89 Å². The van der Waals surface area contributed by atoms with Crippen molar-refractivity contribution in [1.29, 1.82) is 0 Å². The molecule has 15 heteroatoms. The molecule has 0 atom stereocenters. The number of aromatic hydroxyl groups is 3. The molecule has 12 rings (SSSR count). The highest BCUT2D eigenvalue weighted by atomic mass is 32.1. The number of rotatable bonds is 19. The molecule has 100 heavy (non-hydrogen) atoms. The number of aryl methyl sites for hydroxylation is 6. The lowest BCUT2D eigenvalue weighted by Crippen LogP contribution is -2.21. The van der Waals surface area contributed by atoms with Crippen LogP contribution in [0.5, 0.6) is 17.2 Å². The van der Waals surface area contributed by atoms with E-state index in [4.69, 9.17) is 19.4 Å². The van der Waals surface area contributed by atoms with E-state index in [1.165, 1.54) is 16.9 Å². The summed E-state index contributed by atoms with van der Waals surface area (Å²) in [6.07, 6.45) is 0. The van der Waals surface area contributed by atoms with E-state index in [2.05, 4.69) is 208 Å². The first kappa shape index (κ1) is 72.0. The van der Waals surface area contributed by atoms with E-state index < -0.39 is 0 Å². The summed E-state index contributed by atoms with van der Waals surface area (Å²) < 4.78 is 6.35. The summed E-state index contributed by atoms with van der Waals surface area (Å²) in [5.41, 5.74) is 24.9. The van der Waals surface area contributed by atoms with Crippen molar-refractivity contribution in [3.63, 3.8) is 0 Å². The molecule has 14 nitrogen and oxygen atoms in total. The number of phenols is 3. The number of hydrogen-bond donors (Lipinski definition) is 4. The number of anilines is 6. The van der Waals surface area contributed by atoms with Gasteiger partial charge in [-0.15, -0.1) is 11.3 Å². The van der Waals surface area contributed by atoms with Gasteiger partial charge >= 0.3 is 0 Å². The smallest absolute Gasteiger partial charge is 0.227 e. The minimum absolute atomic E-state index is 0.305. The Bertz CT molecular complexity index is 4250. The van der Waals surface area contributed by atoms with Crippen LogP contribution in [0.3, 0.4) is 0 Å². The number of aromatic nitrogens is 4. The van der Waals surface area contributed by atoms with E-state index in [1.807, 2.05) is 134 Å². The Balaban J connectivity index is 0.000000162. The van der Waals surface area contributed by atoms with Crippen molar-refractivity contribution in [3.8, 4) is 117 Å². The van der Waals surface area contributed by atoms with Gasteiger partial charge in [0, 0.05) is 161 Å². The first-order valence-corrected chi connectivity index (χ1v) is 35.1. The number of hydrogen-bond acceptors (Lipinski definition) is 14. The van der Waals surface area contributed by atoms with E-state index in [0.717, 1.165) is 171 Å². The van der Waals surface area contributed by atoms with Crippen molar-refractivity contribution in [2.75, 3.05) is 112 Å². The third kappa shape index (κ3) is 16.0. The fourth-order valence-corrected chi connectivity index (χ4v) is 13.4. The van der Waals surface area contributed by atoms with Crippen molar-refractivity contribution in [1.82, 2.24) is 19.9 Å². The number of nitrogens with one attached hydrogen (secondary N) is 1. The van der Waals surface area contributed by atoms with Crippen LogP contribution in [0.15, 0.2) is 186 Å². The predicted octanol–water partition coefficient (Wildman–Crippen LogP) is 20.2. The van der Waals surface area contributed by atoms with Crippen LogP contribution in [-0.2, 0) is 0 Å². The summed E-state index contributed by atoms with van der Waals surface area (Å²) in [4.78, 5) is 32.8. The summed E-state index contributed by atoms with van der Waals surface area (Å²) in [7, 11) is 16.2. The van der Waals surface area contributed by atoms with Gasteiger partial charge in [0.05, 0.1) is 22.0 Å². The topological polar surface area (TPSA) is 148 Å². The van der Waals surface area contributed by atoms with Crippen molar-refractivity contribution in [3.05, 3.63) is 215 Å². The van der Waals surface area contributed by atoms with E-state index in [0.29, 0.717) is 23.1 Å². The number of nitrogens with zero attached hydrogens (tertiary/aromatic N) is 9. The number of aromatic amines is 1. The number of thiazole rings is 1. The maximum absolute atomic E-state index is 10.3. The summed E-state index contributed by atoms with van der Waals surface area (Å²) in [5.74, 6) is 3.05. The second kappa shape index (κ2) is 31.4. The maximum atomic E-state index is 10.3. The molecule has 0 unspecified atom stereocenters. The van der Waals surface area contributed by atoms with Crippen molar-refractivity contribution in [2.24, 2.45) is 0 Å². The Morgan fingerprint density at radius 1 is 0.340 bits per heavy atom. The maximum Gasteiger partial charge on any atom is 0.227 e. The molecule has 3 aromatic heterocycles. The fraction of sp³-hybridized carbons (Fsp3) is 0.259. The molecule has 0 fully saturated rings. The number of imidazole rings is 1. The molecule has 0 saturated heterocycles. The largest absolute Gasteiger partial charge is 0.507 e. The number of H-pyrrole nitrogens is 1. The van der Waals surface area contributed by atoms with Crippen molar-refractivity contribution in [2.45, 2.75) is 69.2 Å². The van der Waals surface area contributed by atoms with Gasteiger partial charge in [-0.25, -0.2) is 15.0 Å². The van der Waals surface area contributed by atoms with E-state index >= 15 is 0 Å². The fourth-order valence-electron chi connectivity index (χ4n) is 12.4. The minimum atomic E-state index is 0.305. The number of phenolic OH excluding ortho intramolecular Hbond substituents is 3. The first-order chi connectivity index (χ1) is 47.9. The van der Waals surface area contributed by atoms with Crippen LogP contribution in [0.1, 0.15) is 61.1 Å². The highest BCUT2D eigenvalue weighted by Gasteiger charge is 2.23. The Hall–Kier alpha value is -10.8. The molecule has 4 N–H and O–H groups in total.